The molecule has 9 nitrogen and oxygen atoms in total. The lowest BCUT2D eigenvalue weighted by molar-refractivity contribution is -0.120. The number of hydrogen-bond acceptors (Lipinski definition) is 7. The van der Waals surface area contributed by atoms with E-state index in [0.717, 1.165) is 16.3 Å². The molecule has 0 radical (unpaired) electrons. The number of ether oxygens (including phenoxy) is 4. The van der Waals surface area contributed by atoms with E-state index in [1.54, 1.807) is 37.4 Å². The van der Waals surface area contributed by atoms with E-state index in [0.29, 0.717) is 40.7 Å². The summed E-state index contributed by atoms with van der Waals surface area (Å²) in [6.45, 7) is 0.130. The quantitative estimate of drug-likeness (QED) is 0.222. The van der Waals surface area contributed by atoms with Crippen molar-refractivity contribution in [3.8, 4) is 23.0 Å². The van der Waals surface area contributed by atoms with Gasteiger partial charge >= 0.3 is 0 Å². The maximum absolute atomic E-state index is 12.4. The van der Waals surface area contributed by atoms with Crippen LogP contribution in [-0.2, 0) is 11.4 Å². The molecule has 0 aromatic heterocycles. The van der Waals surface area contributed by atoms with Crippen molar-refractivity contribution in [2.75, 3.05) is 27.9 Å². The number of hydrazone groups is 1. The summed E-state index contributed by atoms with van der Waals surface area (Å²) in [5.74, 6) is 1.12. The number of rotatable bonds is 11. The number of amides is 2. The molecule has 9 heteroatoms. The average Bonchev–Trinajstić information content (AvgIpc) is 2.98. The van der Waals surface area contributed by atoms with E-state index < -0.39 is 11.8 Å². The molecule has 0 atom stereocenters. The number of nitrogens with one attached hydrogen (secondary N) is 2. The zero-order chi connectivity index (χ0) is 27.6. The van der Waals surface area contributed by atoms with E-state index in [1.807, 2.05) is 24.3 Å². The van der Waals surface area contributed by atoms with Crippen LogP contribution in [0.25, 0.3) is 10.8 Å². The maximum Gasteiger partial charge on any atom is 0.259 e. The molecule has 4 aromatic carbocycles. The second-order valence-electron chi connectivity index (χ2n) is 8.38. The molecule has 0 aliphatic carbocycles. The molecule has 0 heterocycles. The first-order chi connectivity index (χ1) is 19.0. The van der Waals surface area contributed by atoms with Gasteiger partial charge < -0.3 is 24.3 Å². The summed E-state index contributed by atoms with van der Waals surface area (Å²) < 4.78 is 21.9. The van der Waals surface area contributed by atoms with Gasteiger partial charge in [0.2, 0.25) is 0 Å². The predicted octanol–water partition coefficient (Wildman–Crippen LogP) is 4.32. The van der Waals surface area contributed by atoms with Crippen LogP contribution >= 0.6 is 0 Å². The number of carbonyl (C=O) groups excluding carboxylic acids is 2. The van der Waals surface area contributed by atoms with Crippen molar-refractivity contribution in [2.45, 2.75) is 6.61 Å². The molecule has 0 spiro atoms. The van der Waals surface area contributed by atoms with E-state index in [1.165, 1.54) is 26.5 Å². The number of hydrogen-bond donors (Lipinski definition) is 2. The topological polar surface area (TPSA) is 107 Å². The van der Waals surface area contributed by atoms with Gasteiger partial charge in [0.05, 0.1) is 34.1 Å². The molecular formula is C30H29N3O6. The summed E-state index contributed by atoms with van der Waals surface area (Å²) in [5, 5.41) is 8.80. The Labute approximate surface area is 226 Å². The number of nitrogens with zero attached hydrogens (tertiary/aromatic N) is 1. The minimum absolute atomic E-state index is 0.255. The molecule has 0 aliphatic heterocycles. The van der Waals surface area contributed by atoms with Gasteiger partial charge in [-0.25, -0.2) is 5.43 Å². The molecule has 200 valence electrons. The summed E-state index contributed by atoms with van der Waals surface area (Å²) in [6.07, 6.45) is 1.48. The average molecular weight is 528 g/mol. The molecule has 0 unspecified atom stereocenters. The van der Waals surface area contributed by atoms with Gasteiger partial charge in [0.15, 0.2) is 23.0 Å². The van der Waals surface area contributed by atoms with Crippen LogP contribution in [0.5, 0.6) is 23.0 Å². The van der Waals surface area contributed by atoms with Crippen molar-refractivity contribution < 1.29 is 28.5 Å². The lowest BCUT2D eigenvalue weighted by atomic mass is 10.1. The van der Waals surface area contributed by atoms with Gasteiger partial charge in [-0.1, -0.05) is 42.5 Å². The molecule has 4 aromatic rings. The van der Waals surface area contributed by atoms with Gasteiger partial charge in [-0.2, -0.15) is 5.10 Å². The summed E-state index contributed by atoms with van der Waals surface area (Å²) in [7, 11) is 4.55. The van der Waals surface area contributed by atoms with Gasteiger partial charge in [-0.05, 0) is 58.3 Å². The van der Waals surface area contributed by atoms with Crippen molar-refractivity contribution in [2.24, 2.45) is 5.10 Å². The highest BCUT2D eigenvalue weighted by Gasteiger charge is 2.12. The van der Waals surface area contributed by atoms with Crippen LogP contribution < -0.4 is 29.7 Å². The minimum atomic E-state index is -0.484. The molecule has 0 saturated heterocycles. The maximum atomic E-state index is 12.4. The Morgan fingerprint density at radius 2 is 1.51 bits per heavy atom. The third-order valence-electron chi connectivity index (χ3n) is 5.91. The summed E-state index contributed by atoms with van der Waals surface area (Å²) >= 11 is 0. The van der Waals surface area contributed by atoms with Crippen molar-refractivity contribution in [3.63, 3.8) is 0 Å². The first kappa shape index (κ1) is 27.0. The molecule has 0 aliphatic rings. The van der Waals surface area contributed by atoms with Crippen LogP contribution in [0.15, 0.2) is 84.0 Å². The van der Waals surface area contributed by atoms with Gasteiger partial charge in [0.1, 0.15) is 6.61 Å². The minimum Gasteiger partial charge on any atom is -0.493 e. The van der Waals surface area contributed by atoms with Gasteiger partial charge in [-0.15, -0.1) is 0 Å². The van der Waals surface area contributed by atoms with Crippen LogP contribution in [-0.4, -0.2) is 45.9 Å². The smallest absolute Gasteiger partial charge is 0.259 e. The molecular weight excluding hydrogens is 498 g/mol. The second kappa shape index (κ2) is 13.0. The summed E-state index contributed by atoms with van der Waals surface area (Å²) in [4.78, 5) is 24.5. The van der Waals surface area contributed by atoms with Crippen LogP contribution in [0, 0.1) is 0 Å². The molecule has 0 fully saturated rings. The lowest BCUT2D eigenvalue weighted by Gasteiger charge is -2.12. The Kier molecular flexibility index (Phi) is 8.97. The Morgan fingerprint density at radius 3 is 2.31 bits per heavy atom. The van der Waals surface area contributed by atoms with Gasteiger partial charge in [0, 0.05) is 5.56 Å². The third-order valence-corrected chi connectivity index (χ3v) is 5.91. The van der Waals surface area contributed by atoms with E-state index in [-0.39, 0.29) is 6.54 Å². The number of fused-ring (bicyclic) bond motifs is 1. The van der Waals surface area contributed by atoms with Crippen LogP contribution in [0.2, 0.25) is 0 Å². The Morgan fingerprint density at radius 1 is 0.795 bits per heavy atom. The fourth-order valence-electron chi connectivity index (χ4n) is 3.92. The van der Waals surface area contributed by atoms with Crippen molar-refractivity contribution in [1.29, 1.82) is 0 Å². The molecule has 0 saturated carbocycles. The first-order valence-electron chi connectivity index (χ1n) is 12.1. The van der Waals surface area contributed by atoms with Crippen molar-refractivity contribution >= 4 is 28.8 Å². The zero-order valence-electron chi connectivity index (χ0n) is 21.9. The Bertz CT molecular complexity index is 1500. The van der Waals surface area contributed by atoms with Crippen LogP contribution in [0.3, 0.4) is 0 Å². The van der Waals surface area contributed by atoms with E-state index in [9.17, 15) is 9.59 Å². The van der Waals surface area contributed by atoms with Crippen molar-refractivity contribution in [3.05, 3.63) is 95.6 Å². The first-order valence-corrected chi connectivity index (χ1v) is 12.1. The number of carbonyl (C=O) groups is 2. The summed E-state index contributed by atoms with van der Waals surface area (Å²) in [5.41, 5.74) is 4.49. The molecule has 4 rings (SSSR count). The van der Waals surface area contributed by atoms with Crippen LogP contribution in [0.1, 0.15) is 21.5 Å². The standard InChI is InChI=1S/C30H29N3O6/c1-36-25-14-12-22(16-28(25)38-3)30(35)31-18-29(34)33-32-17-20-11-13-26(27(15-20)37-2)39-19-23-9-6-8-21-7-4-5-10-24(21)23/h4-17H,18-19H2,1-3H3,(H,31,35)(H,33,34)/b32-17-. The Balaban J connectivity index is 1.30. The number of methoxy groups -OCH3 is 3. The summed E-state index contributed by atoms with van der Waals surface area (Å²) in [6, 6.07) is 24.3. The second-order valence-corrected chi connectivity index (χ2v) is 8.38. The molecule has 39 heavy (non-hydrogen) atoms. The predicted molar refractivity (Wildman–Crippen MR) is 149 cm³/mol. The lowest BCUT2D eigenvalue weighted by Crippen LogP contribution is -2.34. The zero-order valence-corrected chi connectivity index (χ0v) is 21.9. The molecule has 0 bridgehead atoms. The fraction of sp³-hybridized carbons (Fsp3) is 0.167. The SMILES string of the molecule is COc1ccc(C(=O)NCC(=O)N/N=C\c2ccc(OCc3cccc4ccccc34)c(OC)c2)cc1OC. The van der Waals surface area contributed by atoms with Gasteiger partial charge in [0.25, 0.3) is 11.8 Å². The highest BCUT2D eigenvalue weighted by atomic mass is 16.5. The monoisotopic (exact) mass is 527 g/mol. The van der Waals surface area contributed by atoms with E-state index in [2.05, 4.69) is 34.0 Å². The fourth-order valence-corrected chi connectivity index (χ4v) is 3.92. The Hall–Kier alpha value is -5.05. The normalized spacial score (nSPS) is 10.7. The van der Waals surface area contributed by atoms with Gasteiger partial charge in [-0.3, -0.25) is 9.59 Å². The molecule has 2 N–H and O–H groups in total. The highest BCUT2D eigenvalue weighted by Crippen LogP contribution is 2.30. The van der Waals surface area contributed by atoms with E-state index >= 15 is 0 Å². The molecule has 2 amide bonds. The van der Waals surface area contributed by atoms with E-state index in [4.69, 9.17) is 18.9 Å². The largest absolute Gasteiger partial charge is 0.493 e. The third kappa shape index (κ3) is 6.84. The highest BCUT2D eigenvalue weighted by molar-refractivity contribution is 5.97. The van der Waals surface area contributed by atoms with Crippen LogP contribution in [0.4, 0.5) is 0 Å². The van der Waals surface area contributed by atoms with Crippen molar-refractivity contribution in [1.82, 2.24) is 10.7 Å². The number of benzene rings is 4.